The van der Waals surface area contributed by atoms with Crippen molar-refractivity contribution in [2.45, 2.75) is 0 Å². The second-order valence-electron chi connectivity index (χ2n) is 1.30. The summed E-state index contributed by atoms with van der Waals surface area (Å²) in [5.74, 6) is 0. The quantitative estimate of drug-likeness (QED) is 0.480. The van der Waals surface area contributed by atoms with Gasteiger partial charge in [0, 0.05) is 0 Å². The van der Waals surface area contributed by atoms with Crippen molar-refractivity contribution in [2.75, 3.05) is 20.5 Å². The van der Waals surface area contributed by atoms with Gasteiger partial charge in [-0.25, -0.2) is 6.57 Å². The first-order valence-electron chi connectivity index (χ1n) is 2.24. The molecule has 0 fully saturated rings. The van der Waals surface area contributed by atoms with Crippen LogP contribution in [0.2, 0.25) is 0 Å². The van der Waals surface area contributed by atoms with E-state index in [4.69, 9.17) is 11.5 Å². The molecule has 0 aliphatic carbocycles. The third-order valence-electron chi connectivity index (χ3n) is 0.820. The molecule has 0 saturated heterocycles. The van der Waals surface area contributed by atoms with Crippen LogP contribution in [0.4, 0.5) is 0 Å². The summed E-state index contributed by atoms with van der Waals surface area (Å²) in [4.78, 5) is 12.0. The number of nitrogens with zero attached hydrogens (tertiary/aromatic N) is 1. The van der Waals surface area contributed by atoms with Crippen molar-refractivity contribution in [3.63, 3.8) is 0 Å². The normalized spacial score (nSPS) is 10.9. The van der Waals surface area contributed by atoms with Crippen molar-refractivity contribution in [1.29, 1.82) is 0 Å². The van der Waals surface area contributed by atoms with Gasteiger partial charge in [-0.1, -0.05) is 0 Å². The van der Waals surface area contributed by atoms with Gasteiger partial charge < -0.3 is 0 Å². The van der Waals surface area contributed by atoms with Gasteiger partial charge >= 0.3 is 14.2 Å². The highest BCUT2D eigenvalue weighted by Gasteiger charge is 2.42. The first kappa shape index (κ1) is 8.80. The molecule has 0 heterocycles. The van der Waals surface area contributed by atoms with Crippen molar-refractivity contribution in [3.8, 4) is 0 Å². The number of hydrogen-bond acceptors (Lipinski definition) is 3. The molecule has 5 heteroatoms. The molecule has 0 aromatic carbocycles. The molecule has 0 aromatic rings. The highest BCUT2D eigenvalue weighted by atomic mass is 31.2. The van der Waals surface area contributed by atoms with Crippen LogP contribution in [0.3, 0.4) is 0 Å². The lowest BCUT2D eigenvalue weighted by molar-refractivity contribution is 0.243. The largest absolute Gasteiger partial charge is 0.493 e. The van der Waals surface area contributed by atoms with Crippen molar-refractivity contribution < 1.29 is 13.9 Å². The predicted octanol–water partition coefficient (Wildman–Crippen LogP) is 0.911. The molecular formula is C4H9NO3P+. The monoisotopic (exact) mass is 150 g/mol. The van der Waals surface area contributed by atoms with Gasteiger partial charge in [0.15, 0.2) is 0 Å². The van der Waals surface area contributed by atoms with Crippen LogP contribution >= 0.6 is 7.94 Å². The summed E-state index contributed by atoms with van der Waals surface area (Å²) in [6.07, 6.45) is -0.0972. The average Bonchev–Trinajstić information content (AvgIpc) is 1.89. The summed E-state index contributed by atoms with van der Waals surface area (Å²) >= 11 is 0. The minimum Gasteiger partial charge on any atom is -0.269 e. The predicted molar refractivity (Wildman–Crippen MR) is 34.6 cm³/mol. The van der Waals surface area contributed by atoms with Crippen LogP contribution in [-0.4, -0.2) is 25.4 Å². The van der Waals surface area contributed by atoms with Crippen LogP contribution in [0, 0.1) is 6.57 Å². The average molecular weight is 150 g/mol. The van der Waals surface area contributed by atoms with Gasteiger partial charge in [0.1, 0.15) is 0 Å². The van der Waals surface area contributed by atoms with E-state index in [1.165, 1.54) is 14.2 Å². The molecular weight excluding hydrogens is 141 g/mol. The van der Waals surface area contributed by atoms with E-state index in [0.717, 1.165) is 0 Å². The van der Waals surface area contributed by atoms with E-state index >= 15 is 0 Å². The smallest absolute Gasteiger partial charge is 0.269 e. The van der Waals surface area contributed by atoms with Gasteiger partial charge in [0.05, 0.1) is 14.2 Å². The molecule has 0 saturated carbocycles. The molecule has 0 amide bonds. The summed E-state index contributed by atoms with van der Waals surface area (Å²) in [5.41, 5.74) is 0. The molecule has 0 bridgehead atoms. The molecule has 0 aliphatic heterocycles. The molecule has 0 unspecified atom stereocenters. The van der Waals surface area contributed by atoms with E-state index in [2.05, 4.69) is 13.9 Å². The molecule has 0 spiro atoms. The Hall–Kier alpha value is -0.200. The van der Waals surface area contributed by atoms with Crippen LogP contribution < -0.4 is 0 Å². The molecule has 0 aliphatic rings. The third-order valence-corrected chi connectivity index (χ3v) is 2.46. The van der Waals surface area contributed by atoms with Crippen LogP contribution in [0.15, 0.2) is 0 Å². The number of hydrogen-bond donors (Lipinski definition) is 1. The Bertz CT molecular complexity index is 117. The Morgan fingerprint density at radius 3 is 2.11 bits per heavy atom. The first-order valence-corrected chi connectivity index (χ1v) is 4.00. The molecule has 0 aromatic heterocycles. The van der Waals surface area contributed by atoms with Crippen LogP contribution in [-0.2, 0) is 9.05 Å². The summed E-state index contributed by atoms with van der Waals surface area (Å²) < 4.78 is 9.12. The minimum absolute atomic E-state index is 0.0972. The van der Waals surface area contributed by atoms with E-state index in [-0.39, 0.29) is 6.29 Å². The lowest BCUT2D eigenvalue weighted by atomic mass is 11.4. The van der Waals surface area contributed by atoms with Gasteiger partial charge in [-0.2, -0.15) is 13.9 Å². The van der Waals surface area contributed by atoms with Gasteiger partial charge in [-0.15, -0.1) is 0 Å². The first-order chi connectivity index (χ1) is 4.18. The SMILES string of the molecule is [C-]#[N+]C[P+](O)(OC)OC. The summed E-state index contributed by atoms with van der Waals surface area (Å²) in [5, 5.41) is 0. The van der Waals surface area contributed by atoms with Crippen molar-refractivity contribution in [2.24, 2.45) is 0 Å². The highest BCUT2D eigenvalue weighted by molar-refractivity contribution is 7.60. The fourth-order valence-corrected chi connectivity index (χ4v) is 0.838. The Morgan fingerprint density at radius 1 is 1.56 bits per heavy atom. The molecule has 1 N–H and O–H groups in total. The zero-order chi connectivity index (χ0) is 7.33. The second kappa shape index (κ2) is 3.76. The highest BCUT2D eigenvalue weighted by Crippen LogP contribution is 2.55. The Balaban J connectivity index is 3.80. The molecule has 0 radical (unpaired) electrons. The summed E-state index contributed by atoms with van der Waals surface area (Å²) in [7, 11) is -0.142. The van der Waals surface area contributed by atoms with Crippen LogP contribution in [0.5, 0.6) is 0 Å². The van der Waals surface area contributed by atoms with Crippen molar-refractivity contribution >= 4 is 7.94 Å². The third kappa shape index (κ3) is 2.73. The Labute approximate surface area is 54.8 Å². The van der Waals surface area contributed by atoms with E-state index < -0.39 is 7.94 Å². The van der Waals surface area contributed by atoms with Gasteiger partial charge in [0.25, 0.3) is 0 Å². The zero-order valence-electron chi connectivity index (χ0n) is 5.37. The molecule has 4 nitrogen and oxygen atoms in total. The van der Waals surface area contributed by atoms with Crippen molar-refractivity contribution in [1.82, 2.24) is 0 Å². The van der Waals surface area contributed by atoms with E-state index in [1.807, 2.05) is 0 Å². The molecule has 52 valence electrons. The fraction of sp³-hybridized carbons (Fsp3) is 0.750. The lowest BCUT2D eigenvalue weighted by Crippen LogP contribution is -1.98. The van der Waals surface area contributed by atoms with E-state index in [9.17, 15) is 0 Å². The van der Waals surface area contributed by atoms with E-state index in [1.54, 1.807) is 0 Å². The maximum atomic E-state index is 9.08. The minimum atomic E-state index is -2.79. The van der Waals surface area contributed by atoms with Crippen LogP contribution in [0.1, 0.15) is 0 Å². The molecule has 9 heavy (non-hydrogen) atoms. The maximum Gasteiger partial charge on any atom is 0.493 e. The Kier molecular flexibility index (Phi) is 3.67. The summed E-state index contributed by atoms with van der Waals surface area (Å²) in [6.45, 7) is 6.40. The Morgan fingerprint density at radius 2 is 2.00 bits per heavy atom. The van der Waals surface area contributed by atoms with Gasteiger partial charge in [-0.05, 0) is 0 Å². The lowest BCUT2D eigenvalue weighted by Gasteiger charge is -2.04. The molecule has 0 rings (SSSR count). The number of rotatable bonds is 3. The van der Waals surface area contributed by atoms with Crippen LogP contribution in [0.25, 0.3) is 4.85 Å². The van der Waals surface area contributed by atoms with Crippen molar-refractivity contribution in [3.05, 3.63) is 11.4 Å². The standard InChI is InChI=1S/C4H9NO3P/c1-5-4-9(6,7-2)8-3/h6H,4H2,2-3H3/q+1. The maximum absolute atomic E-state index is 9.08. The molecule has 0 atom stereocenters. The topological polar surface area (TPSA) is 43.0 Å². The fourth-order valence-electron chi connectivity index (χ4n) is 0.279. The van der Waals surface area contributed by atoms with Gasteiger partial charge in [0.2, 0.25) is 0 Å². The zero-order valence-corrected chi connectivity index (χ0v) is 6.26. The van der Waals surface area contributed by atoms with E-state index in [0.29, 0.717) is 0 Å². The second-order valence-corrected chi connectivity index (χ2v) is 3.59. The van der Waals surface area contributed by atoms with Gasteiger partial charge in [-0.3, -0.25) is 4.85 Å². The summed E-state index contributed by atoms with van der Waals surface area (Å²) in [6, 6.07) is 0.